The molecular weight excluding hydrogens is 323 g/mol. The highest BCUT2D eigenvalue weighted by atomic mass is 19.4. The molecule has 1 aliphatic rings. The predicted molar refractivity (Wildman–Crippen MR) is 81.9 cm³/mol. The van der Waals surface area contributed by atoms with Gasteiger partial charge in [0.1, 0.15) is 11.5 Å². The van der Waals surface area contributed by atoms with Gasteiger partial charge < -0.3 is 20.3 Å². The van der Waals surface area contributed by atoms with Gasteiger partial charge in [0, 0.05) is 6.61 Å². The Labute approximate surface area is 136 Å². The maximum absolute atomic E-state index is 12.8. The van der Waals surface area contributed by atoms with E-state index in [4.69, 9.17) is 9.84 Å². The van der Waals surface area contributed by atoms with Crippen LogP contribution in [-0.4, -0.2) is 16.8 Å². The summed E-state index contributed by atoms with van der Waals surface area (Å²) in [6.45, 7) is 0.0556. The summed E-state index contributed by atoms with van der Waals surface area (Å²) in [5.41, 5.74) is 0.804. The number of anilines is 1. The molecule has 0 bridgehead atoms. The molecule has 1 unspecified atom stereocenters. The van der Waals surface area contributed by atoms with Crippen molar-refractivity contribution in [3.8, 4) is 11.5 Å². The van der Waals surface area contributed by atoms with Crippen LogP contribution in [-0.2, 0) is 12.6 Å². The highest BCUT2D eigenvalue weighted by molar-refractivity contribution is 5.63. The van der Waals surface area contributed by atoms with Gasteiger partial charge in [0.2, 0.25) is 0 Å². The lowest BCUT2D eigenvalue weighted by molar-refractivity contribution is -0.137. The van der Waals surface area contributed by atoms with Gasteiger partial charge in [0.15, 0.2) is 6.23 Å². The molecule has 7 heteroatoms. The molecule has 24 heavy (non-hydrogen) atoms. The molecule has 1 atom stereocenters. The fourth-order valence-electron chi connectivity index (χ4n) is 2.61. The standard InChI is InChI=1S/C17H16F3NO3/c18-17(19,20)11-4-6-15-13(9-11)21-16(24-15)12-8-10(2-1-7-22)3-5-14(12)23/h3-6,8-9,16,21-23H,1-2,7H2. The van der Waals surface area contributed by atoms with E-state index in [-0.39, 0.29) is 18.0 Å². The molecular formula is C17H16F3NO3. The number of rotatable bonds is 4. The predicted octanol–water partition coefficient (Wildman–Crippen LogP) is 3.84. The molecule has 3 N–H and O–H groups in total. The molecule has 128 valence electrons. The smallest absolute Gasteiger partial charge is 0.416 e. The molecule has 2 aromatic carbocycles. The molecule has 4 nitrogen and oxygen atoms in total. The van der Waals surface area contributed by atoms with Gasteiger partial charge in [-0.3, -0.25) is 0 Å². The monoisotopic (exact) mass is 339 g/mol. The van der Waals surface area contributed by atoms with Gasteiger partial charge in [0.05, 0.1) is 16.8 Å². The minimum Gasteiger partial charge on any atom is -0.507 e. The van der Waals surface area contributed by atoms with E-state index in [9.17, 15) is 18.3 Å². The average Bonchev–Trinajstić information content (AvgIpc) is 2.96. The second-order valence-electron chi connectivity index (χ2n) is 5.57. The Morgan fingerprint density at radius 3 is 2.62 bits per heavy atom. The Bertz CT molecular complexity index is 746. The van der Waals surface area contributed by atoms with Gasteiger partial charge in [0.25, 0.3) is 0 Å². The molecule has 0 saturated carbocycles. The molecule has 2 aromatic rings. The molecule has 0 spiro atoms. The minimum atomic E-state index is -4.43. The van der Waals surface area contributed by atoms with Crippen molar-refractivity contribution in [2.45, 2.75) is 25.2 Å². The van der Waals surface area contributed by atoms with E-state index in [1.807, 2.05) is 0 Å². The Kier molecular flexibility index (Phi) is 4.28. The zero-order valence-electron chi connectivity index (χ0n) is 12.6. The van der Waals surface area contributed by atoms with Crippen LogP contribution in [0, 0.1) is 0 Å². The largest absolute Gasteiger partial charge is 0.507 e. The van der Waals surface area contributed by atoms with Crippen LogP contribution < -0.4 is 10.1 Å². The van der Waals surface area contributed by atoms with Gasteiger partial charge in [-0.15, -0.1) is 0 Å². The summed E-state index contributed by atoms with van der Waals surface area (Å²) in [7, 11) is 0. The number of phenols is 1. The molecule has 1 aliphatic heterocycles. The van der Waals surface area contributed by atoms with Gasteiger partial charge in [-0.1, -0.05) is 6.07 Å². The van der Waals surface area contributed by atoms with Crippen LogP contribution in [0.4, 0.5) is 18.9 Å². The summed E-state index contributed by atoms with van der Waals surface area (Å²) < 4.78 is 44.0. The normalized spacial score (nSPS) is 16.4. The molecule has 0 fully saturated rings. The van der Waals surface area contributed by atoms with Crippen molar-refractivity contribution in [2.24, 2.45) is 0 Å². The van der Waals surface area contributed by atoms with Crippen LogP contribution in [0.1, 0.15) is 29.3 Å². The van der Waals surface area contributed by atoms with E-state index in [1.165, 1.54) is 12.1 Å². The number of hydrogen-bond donors (Lipinski definition) is 3. The van der Waals surface area contributed by atoms with Crippen LogP contribution >= 0.6 is 0 Å². The van der Waals surface area contributed by atoms with Crippen LogP contribution in [0.25, 0.3) is 0 Å². The van der Waals surface area contributed by atoms with Crippen LogP contribution in [0.2, 0.25) is 0 Å². The van der Waals surface area contributed by atoms with Gasteiger partial charge >= 0.3 is 6.18 Å². The fraction of sp³-hybridized carbons (Fsp3) is 0.294. The first-order valence-corrected chi connectivity index (χ1v) is 7.45. The maximum atomic E-state index is 12.8. The molecule has 0 amide bonds. The number of nitrogens with one attached hydrogen (secondary N) is 1. The Morgan fingerprint density at radius 1 is 1.12 bits per heavy atom. The zero-order valence-corrected chi connectivity index (χ0v) is 12.6. The first kappa shape index (κ1) is 16.4. The van der Waals surface area contributed by atoms with E-state index < -0.39 is 18.0 Å². The Hall–Kier alpha value is -2.41. The number of benzene rings is 2. The second-order valence-corrected chi connectivity index (χ2v) is 5.57. The molecule has 0 radical (unpaired) electrons. The average molecular weight is 339 g/mol. The number of aromatic hydroxyl groups is 1. The number of aliphatic hydroxyl groups excluding tert-OH is 1. The van der Waals surface area contributed by atoms with Crippen LogP contribution in [0.15, 0.2) is 36.4 Å². The number of phenolic OH excluding ortho intramolecular Hbond substituents is 1. The van der Waals surface area contributed by atoms with Gasteiger partial charge in [-0.2, -0.15) is 13.2 Å². The summed E-state index contributed by atoms with van der Waals surface area (Å²) >= 11 is 0. The van der Waals surface area contributed by atoms with Crippen molar-refractivity contribution < 1.29 is 28.1 Å². The van der Waals surface area contributed by atoms with Crippen molar-refractivity contribution in [2.75, 3.05) is 11.9 Å². The molecule has 0 aromatic heterocycles. The summed E-state index contributed by atoms with van der Waals surface area (Å²) in [5, 5.41) is 21.8. The van der Waals surface area contributed by atoms with Gasteiger partial charge in [-0.25, -0.2) is 0 Å². The van der Waals surface area contributed by atoms with Crippen LogP contribution in [0.5, 0.6) is 11.5 Å². The number of aliphatic hydroxyl groups is 1. The molecule has 1 heterocycles. The third kappa shape index (κ3) is 3.26. The Balaban J connectivity index is 1.85. The topological polar surface area (TPSA) is 61.7 Å². The molecule has 0 saturated heterocycles. The quantitative estimate of drug-likeness (QED) is 0.792. The highest BCUT2D eigenvalue weighted by Gasteiger charge is 2.33. The number of ether oxygens (including phenoxy) is 1. The van der Waals surface area contributed by atoms with E-state index in [1.54, 1.807) is 12.1 Å². The fourth-order valence-corrected chi connectivity index (χ4v) is 2.61. The molecule has 0 aliphatic carbocycles. The van der Waals surface area contributed by atoms with Gasteiger partial charge in [-0.05, 0) is 48.7 Å². The first-order valence-electron chi connectivity index (χ1n) is 7.45. The van der Waals surface area contributed by atoms with E-state index >= 15 is 0 Å². The number of halogens is 3. The third-order valence-electron chi connectivity index (χ3n) is 3.84. The van der Waals surface area contributed by atoms with Crippen molar-refractivity contribution in [3.05, 3.63) is 53.1 Å². The van der Waals surface area contributed by atoms with E-state index in [2.05, 4.69) is 5.32 Å². The third-order valence-corrected chi connectivity index (χ3v) is 3.84. The summed E-state index contributed by atoms with van der Waals surface area (Å²) in [5.74, 6) is 0.289. The number of alkyl halides is 3. The lowest BCUT2D eigenvalue weighted by Gasteiger charge is -2.14. The minimum absolute atomic E-state index is 0.0101. The number of fused-ring (bicyclic) bond motifs is 1. The van der Waals surface area contributed by atoms with Crippen molar-refractivity contribution in [1.82, 2.24) is 0 Å². The van der Waals surface area contributed by atoms with E-state index in [0.717, 1.165) is 17.7 Å². The lowest BCUT2D eigenvalue weighted by Crippen LogP contribution is -2.11. The maximum Gasteiger partial charge on any atom is 0.416 e. The van der Waals surface area contributed by atoms with E-state index in [0.29, 0.717) is 24.2 Å². The van der Waals surface area contributed by atoms with Crippen LogP contribution in [0.3, 0.4) is 0 Å². The van der Waals surface area contributed by atoms with Crippen molar-refractivity contribution in [3.63, 3.8) is 0 Å². The summed E-state index contributed by atoms with van der Waals surface area (Å²) in [6, 6.07) is 8.18. The lowest BCUT2D eigenvalue weighted by atomic mass is 10.0. The number of hydrogen-bond acceptors (Lipinski definition) is 4. The molecule has 3 rings (SSSR count). The highest BCUT2D eigenvalue weighted by Crippen LogP contribution is 2.43. The number of aryl methyl sites for hydroxylation is 1. The second kappa shape index (κ2) is 6.24. The first-order chi connectivity index (χ1) is 11.4. The zero-order chi connectivity index (χ0) is 17.3. The van der Waals surface area contributed by atoms with Crippen molar-refractivity contribution in [1.29, 1.82) is 0 Å². The van der Waals surface area contributed by atoms with Crippen molar-refractivity contribution >= 4 is 5.69 Å². The summed E-state index contributed by atoms with van der Waals surface area (Å²) in [6.07, 6.45) is -3.99. The SMILES string of the molecule is OCCCc1ccc(O)c(C2Nc3cc(C(F)(F)F)ccc3O2)c1. The summed E-state index contributed by atoms with van der Waals surface area (Å²) in [4.78, 5) is 0. The Morgan fingerprint density at radius 2 is 1.92 bits per heavy atom.